The first-order valence-electron chi connectivity index (χ1n) is 6.22. The van der Waals surface area contributed by atoms with Crippen molar-refractivity contribution in [3.63, 3.8) is 0 Å². The third kappa shape index (κ3) is 2.99. The minimum Gasteiger partial charge on any atom is -0.471 e. The zero-order valence-corrected chi connectivity index (χ0v) is 13.8. The molecule has 1 atom stereocenters. The molecule has 2 aliphatic rings. The Morgan fingerprint density at radius 3 is 2.74 bits per heavy atom. The number of fused-ring (bicyclic) bond motifs is 1. The summed E-state index contributed by atoms with van der Waals surface area (Å²) in [6, 6.07) is 0. The molecule has 2 heterocycles. The summed E-state index contributed by atoms with van der Waals surface area (Å²) in [7, 11) is 0. The minimum atomic E-state index is -0.420. The molecule has 0 aliphatic carbocycles. The lowest BCUT2D eigenvalue weighted by atomic mass is 9.91. The average Bonchev–Trinajstić information content (AvgIpc) is 2.32. The normalized spacial score (nSPS) is 23.1. The molecule has 0 aromatic rings. The molecule has 0 saturated carbocycles. The predicted octanol–water partition coefficient (Wildman–Crippen LogP) is 2.53. The van der Waals surface area contributed by atoms with Crippen LogP contribution < -0.4 is 0 Å². The van der Waals surface area contributed by atoms with E-state index in [1.165, 1.54) is 0 Å². The van der Waals surface area contributed by atoms with E-state index in [0.717, 1.165) is 11.3 Å². The van der Waals surface area contributed by atoms with Crippen LogP contribution in [0, 0.1) is 5.41 Å². The van der Waals surface area contributed by atoms with Crippen LogP contribution in [0.15, 0.2) is 11.5 Å². The van der Waals surface area contributed by atoms with Crippen LogP contribution in [0.25, 0.3) is 0 Å². The van der Waals surface area contributed by atoms with Crippen LogP contribution in [0.1, 0.15) is 27.2 Å². The van der Waals surface area contributed by atoms with E-state index >= 15 is 0 Å². The Balaban J connectivity index is 2.09. The summed E-state index contributed by atoms with van der Waals surface area (Å²) in [6.45, 7) is 5.63. The molecule has 0 bridgehead atoms. The number of rotatable bonds is 4. The number of nitrogens with zero attached hydrogens (tertiary/aromatic N) is 1. The number of carbonyl (C=O) groups is 2. The molecule has 1 fully saturated rings. The van der Waals surface area contributed by atoms with Crippen molar-refractivity contribution in [2.24, 2.45) is 5.41 Å². The standard InChI is InChI=1S/C13H18BrNO3S/c1-13(2,3)9(16)6-18-12-8(5-14)7-19-11-4-10(17)15(11)12/h11H,4-7H2,1-3H3/t11-/m0/s1. The zero-order valence-electron chi connectivity index (χ0n) is 11.4. The number of carbonyl (C=O) groups excluding carboxylic acids is 2. The number of β-lactam (4-membered cyclic amide) rings is 1. The second kappa shape index (κ2) is 5.48. The van der Waals surface area contributed by atoms with E-state index in [2.05, 4.69) is 15.9 Å². The monoisotopic (exact) mass is 347 g/mol. The summed E-state index contributed by atoms with van der Waals surface area (Å²) in [5.41, 5.74) is 0.618. The molecular formula is C13H18BrNO3S. The highest BCUT2D eigenvalue weighted by atomic mass is 79.9. The van der Waals surface area contributed by atoms with Crippen LogP contribution in [0.3, 0.4) is 0 Å². The third-order valence-corrected chi connectivity index (χ3v) is 5.17. The molecule has 1 amide bonds. The average molecular weight is 348 g/mol. The zero-order chi connectivity index (χ0) is 14.2. The molecule has 0 N–H and O–H groups in total. The number of ether oxygens (including phenoxy) is 1. The van der Waals surface area contributed by atoms with Crippen LogP contribution >= 0.6 is 27.7 Å². The van der Waals surface area contributed by atoms with Gasteiger partial charge in [-0.2, -0.15) is 0 Å². The van der Waals surface area contributed by atoms with E-state index in [-0.39, 0.29) is 23.7 Å². The highest BCUT2D eigenvalue weighted by Gasteiger charge is 2.44. The first-order chi connectivity index (χ1) is 8.84. The van der Waals surface area contributed by atoms with E-state index in [9.17, 15) is 9.59 Å². The van der Waals surface area contributed by atoms with Crippen molar-refractivity contribution in [1.29, 1.82) is 0 Å². The Hall–Kier alpha value is -0.490. The fraction of sp³-hybridized carbons (Fsp3) is 0.692. The highest BCUT2D eigenvalue weighted by Crippen LogP contribution is 2.40. The minimum absolute atomic E-state index is 0.0243. The molecule has 4 nitrogen and oxygen atoms in total. The molecular weight excluding hydrogens is 330 g/mol. The van der Waals surface area contributed by atoms with Gasteiger partial charge in [-0.25, -0.2) is 0 Å². The lowest BCUT2D eigenvalue weighted by molar-refractivity contribution is -0.145. The molecule has 106 valence electrons. The first kappa shape index (κ1) is 14.9. The van der Waals surface area contributed by atoms with Crippen molar-refractivity contribution in [1.82, 2.24) is 4.90 Å². The lowest BCUT2D eigenvalue weighted by Crippen LogP contribution is -2.53. The number of hydrogen-bond donors (Lipinski definition) is 0. The Labute approximate surface area is 126 Å². The van der Waals surface area contributed by atoms with Gasteiger partial charge in [0.2, 0.25) is 5.91 Å². The summed E-state index contributed by atoms with van der Waals surface area (Å²) < 4.78 is 5.67. The van der Waals surface area contributed by atoms with Gasteiger partial charge in [-0.1, -0.05) is 36.7 Å². The van der Waals surface area contributed by atoms with Crippen LogP contribution in [0.4, 0.5) is 0 Å². The van der Waals surface area contributed by atoms with Crippen LogP contribution in [0.2, 0.25) is 0 Å². The van der Waals surface area contributed by atoms with Gasteiger partial charge in [0, 0.05) is 22.1 Å². The summed E-state index contributed by atoms with van der Waals surface area (Å²) in [4.78, 5) is 25.3. The van der Waals surface area contributed by atoms with Crippen molar-refractivity contribution in [3.05, 3.63) is 11.5 Å². The Morgan fingerprint density at radius 1 is 1.53 bits per heavy atom. The fourth-order valence-electron chi connectivity index (χ4n) is 1.81. The maximum Gasteiger partial charge on any atom is 0.233 e. The van der Waals surface area contributed by atoms with Crippen molar-refractivity contribution >= 4 is 39.4 Å². The second-order valence-corrected chi connectivity index (χ2v) is 7.46. The van der Waals surface area contributed by atoms with Gasteiger partial charge in [-0.3, -0.25) is 14.5 Å². The molecule has 0 unspecified atom stereocenters. The Bertz CT molecular complexity index is 442. The van der Waals surface area contributed by atoms with Gasteiger partial charge in [-0.05, 0) is 0 Å². The maximum absolute atomic E-state index is 11.9. The van der Waals surface area contributed by atoms with Gasteiger partial charge >= 0.3 is 0 Å². The van der Waals surface area contributed by atoms with Crippen molar-refractivity contribution in [2.75, 3.05) is 17.7 Å². The topological polar surface area (TPSA) is 46.6 Å². The highest BCUT2D eigenvalue weighted by molar-refractivity contribution is 9.09. The quantitative estimate of drug-likeness (QED) is 0.579. The van der Waals surface area contributed by atoms with Gasteiger partial charge in [0.05, 0.1) is 11.8 Å². The molecule has 0 radical (unpaired) electrons. The predicted molar refractivity (Wildman–Crippen MR) is 78.9 cm³/mol. The summed E-state index contributed by atoms with van der Waals surface area (Å²) in [6.07, 6.45) is 0.570. The van der Waals surface area contributed by atoms with E-state index < -0.39 is 5.41 Å². The van der Waals surface area contributed by atoms with Gasteiger partial charge in [0.25, 0.3) is 0 Å². The molecule has 1 saturated heterocycles. The summed E-state index contributed by atoms with van der Waals surface area (Å²) in [5.74, 6) is 1.55. The molecule has 0 aromatic heterocycles. The summed E-state index contributed by atoms with van der Waals surface area (Å²) in [5, 5.41) is 0.852. The van der Waals surface area contributed by atoms with E-state index in [4.69, 9.17) is 4.74 Å². The van der Waals surface area contributed by atoms with Gasteiger partial charge in [-0.15, -0.1) is 11.8 Å². The smallest absolute Gasteiger partial charge is 0.233 e. The third-order valence-electron chi connectivity index (χ3n) is 3.21. The first-order valence-corrected chi connectivity index (χ1v) is 8.39. The SMILES string of the molecule is CC(C)(C)C(=O)COC1=C(CBr)CS[C@H]2CC(=O)N12. The number of alkyl halides is 1. The van der Waals surface area contributed by atoms with Crippen molar-refractivity contribution < 1.29 is 14.3 Å². The van der Waals surface area contributed by atoms with E-state index in [1.54, 1.807) is 16.7 Å². The molecule has 0 spiro atoms. The van der Waals surface area contributed by atoms with Crippen molar-refractivity contribution in [3.8, 4) is 0 Å². The van der Waals surface area contributed by atoms with Gasteiger partial charge in [0.1, 0.15) is 6.61 Å². The molecule has 2 rings (SSSR count). The van der Waals surface area contributed by atoms with E-state index in [1.807, 2.05) is 20.8 Å². The van der Waals surface area contributed by atoms with Crippen LogP contribution in [0.5, 0.6) is 0 Å². The Morgan fingerprint density at radius 2 is 2.21 bits per heavy atom. The molecule has 0 aromatic carbocycles. The number of hydrogen-bond acceptors (Lipinski definition) is 4. The van der Waals surface area contributed by atoms with Gasteiger partial charge < -0.3 is 4.74 Å². The number of thioether (sulfide) groups is 1. The number of amides is 1. The number of ketones is 1. The van der Waals surface area contributed by atoms with Crippen LogP contribution in [-0.2, 0) is 14.3 Å². The number of halogens is 1. The van der Waals surface area contributed by atoms with Crippen molar-refractivity contribution in [2.45, 2.75) is 32.6 Å². The number of Topliss-reactive ketones (excluding diaryl/α,β-unsaturated/α-hetero) is 1. The van der Waals surface area contributed by atoms with E-state index in [0.29, 0.717) is 17.6 Å². The maximum atomic E-state index is 11.9. The van der Waals surface area contributed by atoms with Gasteiger partial charge in [0.15, 0.2) is 11.7 Å². The fourth-order valence-corrected chi connectivity index (χ4v) is 3.75. The Kier molecular flexibility index (Phi) is 4.30. The molecule has 2 aliphatic heterocycles. The summed E-state index contributed by atoms with van der Waals surface area (Å²) >= 11 is 5.16. The molecule has 19 heavy (non-hydrogen) atoms. The molecule has 6 heteroatoms. The largest absolute Gasteiger partial charge is 0.471 e. The second-order valence-electron chi connectivity index (χ2n) is 5.74. The lowest BCUT2D eigenvalue weighted by Gasteiger charge is -2.44. The van der Waals surface area contributed by atoms with Crippen LogP contribution in [-0.4, -0.2) is 39.7 Å².